The molecule has 6 nitrogen and oxygen atoms in total. The molecule has 1 N–H and O–H groups in total. The number of nitrogens with one attached hydrogen (secondary N) is 1. The number of halogens is 1. The van der Waals surface area contributed by atoms with Crippen molar-refractivity contribution in [3.05, 3.63) is 53.2 Å². The van der Waals surface area contributed by atoms with E-state index in [1.54, 1.807) is 6.07 Å². The second kappa shape index (κ2) is 5.30. The smallest absolute Gasteiger partial charge is 0.277 e. The third kappa shape index (κ3) is 2.62. The van der Waals surface area contributed by atoms with Crippen molar-refractivity contribution < 1.29 is 4.79 Å². The van der Waals surface area contributed by atoms with Gasteiger partial charge in [0.05, 0.1) is 29.6 Å². The number of nitrogens with zero attached hydrogens (tertiary/aromatic N) is 4. The highest BCUT2D eigenvalue weighted by Crippen LogP contribution is 2.10. The number of carbonyl (C=O) groups is 1. The van der Waals surface area contributed by atoms with Crippen molar-refractivity contribution in [1.29, 1.82) is 0 Å². The molecule has 0 radical (unpaired) electrons. The Balaban J connectivity index is 1.86. The van der Waals surface area contributed by atoms with Crippen molar-refractivity contribution in [3.63, 3.8) is 0 Å². The van der Waals surface area contributed by atoms with Crippen LogP contribution < -0.4 is 5.32 Å². The summed E-state index contributed by atoms with van der Waals surface area (Å²) in [6, 6.07) is 7.36. The van der Waals surface area contributed by atoms with E-state index >= 15 is 0 Å². The Bertz CT molecular complexity index is 775. The van der Waals surface area contributed by atoms with Crippen molar-refractivity contribution in [2.75, 3.05) is 5.32 Å². The van der Waals surface area contributed by atoms with E-state index in [1.165, 1.54) is 18.6 Å². The van der Waals surface area contributed by atoms with Crippen molar-refractivity contribution in [2.24, 2.45) is 0 Å². The first-order chi connectivity index (χ1) is 9.72. The minimum Gasteiger partial charge on any atom is -0.304 e. The summed E-state index contributed by atoms with van der Waals surface area (Å²) in [5, 5.41) is 2.61. The number of hydrogen-bond acceptors (Lipinski definition) is 5. The number of para-hydroxylation sites is 2. The van der Waals surface area contributed by atoms with Crippen LogP contribution in [0.4, 0.5) is 5.82 Å². The first kappa shape index (κ1) is 12.6. The molecule has 0 fully saturated rings. The van der Waals surface area contributed by atoms with Gasteiger partial charge < -0.3 is 5.32 Å². The summed E-state index contributed by atoms with van der Waals surface area (Å²) < 4.78 is 0.598. The molecule has 0 saturated carbocycles. The number of hydrogen-bond donors (Lipinski definition) is 1. The minimum atomic E-state index is -0.375. The van der Waals surface area contributed by atoms with E-state index < -0.39 is 0 Å². The number of carbonyl (C=O) groups excluding carboxylic acids is 1. The van der Waals surface area contributed by atoms with Gasteiger partial charge >= 0.3 is 0 Å². The maximum Gasteiger partial charge on any atom is 0.277 e. The molecule has 0 saturated heterocycles. The standard InChI is InChI=1S/C13H8BrN5O/c14-11-6-17-12(7-16-11)19-13(20)10-5-15-8-3-1-2-4-9(8)18-10/h1-7H,(H,17,19,20). The first-order valence-corrected chi connectivity index (χ1v) is 6.52. The predicted octanol–water partition coefficient (Wildman–Crippen LogP) is 2.43. The molecule has 0 bridgehead atoms. The number of rotatable bonds is 2. The van der Waals surface area contributed by atoms with Crippen LogP contribution >= 0.6 is 15.9 Å². The lowest BCUT2D eigenvalue weighted by atomic mass is 10.3. The molecule has 3 rings (SSSR count). The van der Waals surface area contributed by atoms with Crippen LogP contribution in [0, 0.1) is 0 Å². The highest BCUT2D eigenvalue weighted by Gasteiger charge is 2.10. The van der Waals surface area contributed by atoms with Crippen LogP contribution in [-0.2, 0) is 0 Å². The molecule has 0 atom stereocenters. The van der Waals surface area contributed by atoms with Gasteiger partial charge in [-0.2, -0.15) is 0 Å². The molecule has 2 heterocycles. The minimum absolute atomic E-state index is 0.230. The monoisotopic (exact) mass is 329 g/mol. The van der Waals surface area contributed by atoms with Gasteiger partial charge in [0.1, 0.15) is 10.3 Å². The van der Waals surface area contributed by atoms with Gasteiger partial charge in [-0.15, -0.1) is 0 Å². The Morgan fingerprint density at radius 1 is 1.00 bits per heavy atom. The predicted molar refractivity (Wildman–Crippen MR) is 77.2 cm³/mol. The zero-order chi connectivity index (χ0) is 13.9. The second-order valence-corrected chi connectivity index (χ2v) is 4.73. The fraction of sp³-hybridized carbons (Fsp3) is 0. The van der Waals surface area contributed by atoms with Gasteiger partial charge in [0.25, 0.3) is 5.91 Å². The molecule has 2 aromatic heterocycles. The molecule has 0 aliphatic rings. The number of fused-ring (bicyclic) bond motifs is 1. The SMILES string of the molecule is O=C(Nc1cnc(Br)cn1)c1cnc2ccccc2n1. The summed E-state index contributed by atoms with van der Waals surface area (Å²) in [5.74, 6) is -0.0203. The van der Waals surface area contributed by atoms with Crippen LogP contribution in [0.1, 0.15) is 10.5 Å². The van der Waals surface area contributed by atoms with Gasteiger partial charge in [-0.05, 0) is 28.1 Å². The largest absolute Gasteiger partial charge is 0.304 e. The average Bonchev–Trinajstić information content (AvgIpc) is 2.49. The molecule has 1 amide bonds. The summed E-state index contributed by atoms with van der Waals surface area (Å²) in [5.41, 5.74) is 1.64. The summed E-state index contributed by atoms with van der Waals surface area (Å²) >= 11 is 3.18. The van der Waals surface area contributed by atoms with Crippen LogP contribution in [0.3, 0.4) is 0 Å². The van der Waals surface area contributed by atoms with Crippen LogP contribution in [0.15, 0.2) is 47.5 Å². The average molecular weight is 330 g/mol. The second-order valence-electron chi connectivity index (χ2n) is 3.92. The van der Waals surface area contributed by atoms with Crippen LogP contribution in [0.2, 0.25) is 0 Å². The molecule has 7 heteroatoms. The Morgan fingerprint density at radius 2 is 1.80 bits per heavy atom. The molecule has 0 spiro atoms. The molecule has 3 aromatic rings. The van der Waals surface area contributed by atoms with Crippen molar-refractivity contribution >= 4 is 38.7 Å². The normalized spacial score (nSPS) is 10.4. The zero-order valence-corrected chi connectivity index (χ0v) is 11.7. The lowest BCUT2D eigenvalue weighted by Crippen LogP contribution is -2.15. The molecule has 0 aliphatic carbocycles. The van der Waals surface area contributed by atoms with Gasteiger partial charge in [-0.3, -0.25) is 9.78 Å². The lowest BCUT2D eigenvalue weighted by Gasteiger charge is -2.04. The third-order valence-corrected chi connectivity index (χ3v) is 2.95. The quantitative estimate of drug-likeness (QED) is 0.780. The van der Waals surface area contributed by atoms with Gasteiger partial charge in [0.15, 0.2) is 5.82 Å². The molecule has 20 heavy (non-hydrogen) atoms. The van der Waals surface area contributed by atoms with Gasteiger partial charge in [-0.1, -0.05) is 12.1 Å². The van der Waals surface area contributed by atoms with E-state index in [2.05, 4.69) is 41.2 Å². The molecule has 98 valence electrons. The van der Waals surface area contributed by atoms with Crippen LogP contribution in [0.25, 0.3) is 11.0 Å². The Labute approximate surface area is 122 Å². The van der Waals surface area contributed by atoms with E-state index in [4.69, 9.17) is 0 Å². The third-order valence-electron chi connectivity index (χ3n) is 2.54. The van der Waals surface area contributed by atoms with Crippen molar-refractivity contribution in [2.45, 2.75) is 0 Å². The Kier molecular flexibility index (Phi) is 3.34. The van der Waals surface area contributed by atoms with Crippen LogP contribution in [0.5, 0.6) is 0 Å². The van der Waals surface area contributed by atoms with E-state index in [9.17, 15) is 4.79 Å². The van der Waals surface area contributed by atoms with Crippen LogP contribution in [-0.4, -0.2) is 25.8 Å². The summed E-state index contributed by atoms with van der Waals surface area (Å²) in [7, 11) is 0. The van der Waals surface area contributed by atoms with Crippen molar-refractivity contribution in [3.8, 4) is 0 Å². The fourth-order valence-corrected chi connectivity index (χ4v) is 1.83. The topological polar surface area (TPSA) is 80.7 Å². The number of aromatic nitrogens is 4. The van der Waals surface area contributed by atoms with E-state index in [0.29, 0.717) is 15.9 Å². The number of amides is 1. The number of benzene rings is 1. The summed E-state index contributed by atoms with van der Waals surface area (Å²) in [6.45, 7) is 0. The van der Waals surface area contributed by atoms with E-state index in [-0.39, 0.29) is 11.6 Å². The molecule has 0 aliphatic heterocycles. The van der Waals surface area contributed by atoms with E-state index in [0.717, 1.165) is 5.52 Å². The van der Waals surface area contributed by atoms with Gasteiger partial charge in [0, 0.05) is 0 Å². The maximum absolute atomic E-state index is 12.0. The lowest BCUT2D eigenvalue weighted by molar-refractivity contribution is 0.102. The van der Waals surface area contributed by atoms with E-state index in [1.807, 2.05) is 18.2 Å². The highest BCUT2D eigenvalue weighted by atomic mass is 79.9. The molecular formula is C13H8BrN5O. The van der Waals surface area contributed by atoms with Gasteiger partial charge in [0.2, 0.25) is 0 Å². The Hall–Kier alpha value is -2.41. The number of anilines is 1. The molecule has 1 aromatic carbocycles. The summed E-state index contributed by atoms with van der Waals surface area (Å²) in [6.07, 6.45) is 4.39. The highest BCUT2D eigenvalue weighted by molar-refractivity contribution is 9.10. The van der Waals surface area contributed by atoms with Crippen molar-refractivity contribution in [1.82, 2.24) is 19.9 Å². The Morgan fingerprint density at radius 3 is 2.55 bits per heavy atom. The molecular weight excluding hydrogens is 322 g/mol. The van der Waals surface area contributed by atoms with Gasteiger partial charge in [-0.25, -0.2) is 15.0 Å². The first-order valence-electron chi connectivity index (χ1n) is 5.73. The zero-order valence-electron chi connectivity index (χ0n) is 10.1. The maximum atomic E-state index is 12.0. The molecule has 0 unspecified atom stereocenters. The summed E-state index contributed by atoms with van der Waals surface area (Å²) in [4.78, 5) is 28.5. The fourth-order valence-electron chi connectivity index (χ4n) is 1.62.